The lowest BCUT2D eigenvalue weighted by molar-refractivity contribution is -0.113. The molecule has 1 unspecified atom stereocenters. The van der Waals surface area contributed by atoms with Crippen LogP contribution >= 0.6 is 0 Å². The first-order chi connectivity index (χ1) is 9.95. The first kappa shape index (κ1) is 15.4. The van der Waals surface area contributed by atoms with E-state index in [2.05, 4.69) is 10.5 Å². The quantitative estimate of drug-likeness (QED) is 0.921. The van der Waals surface area contributed by atoms with E-state index in [0.717, 1.165) is 16.8 Å². The third-order valence-corrected chi connectivity index (χ3v) is 4.23. The Labute approximate surface area is 126 Å². The highest BCUT2D eigenvalue weighted by atomic mass is 32.2. The number of aromatic nitrogens is 1. The molecule has 112 valence electrons. The van der Waals surface area contributed by atoms with Gasteiger partial charge in [-0.05, 0) is 31.9 Å². The summed E-state index contributed by atoms with van der Waals surface area (Å²) in [6.07, 6.45) is 0. The number of carbonyl (C=O) groups excluding carboxylic acids is 1. The highest BCUT2D eigenvalue weighted by molar-refractivity contribution is 7.84. The van der Waals surface area contributed by atoms with Crippen LogP contribution in [0.2, 0.25) is 0 Å². The fraction of sp³-hybridized carbons (Fsp3) is 0.333. The number of aryl methyl sites for hydroxylation is 3. The van der Waals surface area contributed by atoms with Crippen molar-refractivity contribution in [3.63, 3.8) is 0 Å². The Morgan fingerprint density at radius 1 is 1.29 bits per heavy atom. The molecule has 0 aliphatic rings. The summed E-state index contributed by atoms with van der Waals surface area (Å²) in [6, 6.07) is 7.52. The second kappa shape index (κ2) is 6.67. The lowest BCUT2D eigenvalue weighted by Gasteiger charge is -2.11. The van der Waals surface area contributed by atoms with Crippen molar-refractivity contribution in [2.24, 2.45) is 0 Å². The average Bonchev–Trinajstić information content (AvgIpc) is 2.79. The maximum atomic E-state index is 12.0. The van der Waals surface area contributed by atoms with Crippen LogP contribution in [-0.4, -0.2) is 21.0 Å². The molecule has 6 heteroatoms. The fourth-order valence-electron chi connectivity index (χ4n) is 2.04. The molecule has 0 radical (unpaired) electrons. The van der Waals surface area contributed by atoms with Gasteiger partial charge in [0.05, 0.1) is 11.4 Å². The molecule has 0 spiro atoms. The van der Waals surface area contributed by atoms with Gasteiger partial charge in [-0.15, -0.1) is 0 Å². The van der Waals surface area contributed by atoms with Crippen LogP contribution in [0.3, 0.4) is 0 Å². The Hall–Kier alpha value is -1.95. The summed E-state index contributed by atoms with van der Waals surface area (Å²) in [5.74, 6) is 0.574. The Morgan fingerprint density at radius 2 is 1.95 bits per heavy atom. The minimum absolute atomic E-state index is 0.0559. The van der Waals surface area contributed by atoms with Crippen molar-refractivity contribution in [2.45, 2.75) is 26.5 Å². The molecule has 0 fully saturated rings. The number of rotatable bonds is 5. The van der Waals surface area contributed by atoms with E-state index in [0.29, 0.717) is 11.5 Å². The molecule has 2 aromatic rings. The standard InChI is InChI=1S/C15H18N2O3S/c1-10-5-4-6-11(2)15(10)16-14(18)9-21(19)8-13-7-12(3)20-17-13/h4-7H,8-9H2,1-3H3,(H,16,18). The molecule has 0 saturated carbocycles. The number of hydrogen-bond donors (Lipinski definition) is 1. The number of hydrogen-bond acceptors (Lipinski definition) is 4. The van der Waals surface area contributed by atoms with Gasteiger partial charge in [0.15, 0.2) is 0 Å². The molecule has 1 heterocycles. The van der Waals surface area contributed by atoms with Gasteiger partial charge in [-0.25, -0.2) is 0 Å². The monoisotopic (exact) mass is 306 g/mol. The van der Waals surface area contributed by atoms with Crippen LogP contribution in [0.4, 0.5) is 5.69 Å². The van der Waals surface area contributed by atoms with Gasteiger partial charge in [0, 0.05) is 22.6 Å². The second-order valence-corrected chi connectivity index (χ2v) is 6.43. The normalized spacial score (nSPS) is 12.1. The van der Waals surface area contributed by atoms with Crippen LogP contribution < -0.4 is 5.32 Å². The molecule has 0 aliphatic carbocycles. The van der Waals surface area contributed by atoms with Crippen LogP contribution in [0.15, 0.2) is 28.8 Å². The van der Waals surface area contributed by atoms with Crippen molar-refractivity contribution in [1.29, 1.82) is 0 Å². The minimum Gasteiger partial charge on any atom is -0.361 e. The van der Waals surface area contributed by atoms with E-state index in [4.69, 9.17) is 4.52 Å². The Kier molecular flexibility index (Phi) is 4.90. The molecular formula is C15H18N2O3S. The maximum absolute atomic E-state index is 12.0. The first-order valence-electron chi connectivity index (χ1n) is 6.59. The average molecular weight is 306 g/mol. The molecule has 1 aromatic carbocycles. The molecule has 1 atom stereocenters. The smallest absolute Gasteiger partial charge is 0.237 e. The van der Waals surface area contributed by atoms with Crippen LogP contribution in [0.5, 0.6) is 0 Å². The summed E-state index contributed by atoms with van der Waals surface area (Å²) in [7, 11) is -1.31. The molecular weight excluding hydrogens is 288 g/mol. The fourth-order valence-corrected chi connectivity index (χ4v) is 2.97. The van der Waals surface area contributed by atoms with Gasteiger partial charge in [0.2, 0.25) is 5.91 Å². The van der Waals surface area contributed by atoms with Gasteiger partial charge in [-0.2, -0.15) is 0 Å². The molecule has 1 N–H and O–H groups in total. The predicted octanol–water partition coefficient (Wildman–Crippen LogP) is 2.49. The van der Waals surface area contributed by atoms with Gasteiger partial charge in [-0.1, -0.05) is 23.4 Å². The Morgan fingerprint density at radius 3 is 2.52 bits per heavy atom. The van der Waals surface area contributed by atoms with Gasteiger partial charge in [0.1, 0.15) is 11.5 Å². The maximum Gasteiger partial charge on any atom is 0.237 e. The molecule has 21 heavy (non-hydrogen) atoms. The zero-order valence-electron chi connectivity index (χ0n) is 12.3. The highest BCUT2D eigenvalue weighted by Crippen LogP contribution is 2.19. The van der Waals surface area contributed by atoms with Crippen LogP contribution in [0.1, 0.15) is 22.6 Å². The Bertz CT molecular complexity index is 659. The van der Waals surface area contributed by atoms with Crippen LogP contribution in [-0.2, 0) is 21.3 Å². The molecule has 0 aliphatic heterocycles. The third kappa shape index (κ3) is 4.26. The number of carbonyl (C=O) groups is 1. The Balaban J connectivity index is 1.94. The number of para-hydroxylation sites is 1. The summed E-state index contributed by atoms with van der Waals surface area (Å²) < 4.78 is 16.9. The highest BCUT2D eigenvalue weighted by Gasteiger charge is 2.13. The number of nitrogens with zero attached hydrogens (tertiary/aromatic N) is 1. The third-order valence-electron chi connectivity index (χ3n) is 3.02. The van der Waals surface area contributed by atoms with E-state index < -0.39 is 10.8 Å². The minimum atomic E-state index is -1.31. The van der Waals surface area contributed by atoms with E-state index >= 15 is 0 Å². The summed E-state index contributed by atoms with van der Waals surface area (Å²) in [5.41, 5.74) is 3.37. The van der Waals surface area contributed by atoms with E-state index in [1.165, 1.54) is 0 Å². The van der Waals surface area contributed by atoms with E-state index in [-0.39, 0.29) is 17.4 Å². The molecule has 2 rings (SSSR count). The largest absolute Gasteiger partial charge is 0.361 e. The summed E-state index contributed by atoms with van der Waals surface area (Å²) in [6.45, 7) is 5.63. The van der Waals surface area contributed by atoms with Crippen molar-refractivity contribution in [2.75, 3.05) is 11.1 Å². The number of benzene rings is 1. The van der Waals surface area contributed by atoms with Gasteiger partial charge in [0.25, 0.3) is 0 Å². The number of anilines is 1. The van der Waals surface area contributed by atoms with Crippen LogP contribution in [0.25, 0.3) is 0 Å². The van der Waals surface area contributed by atoms with Crippen molar-refractivity contribution in [3.05, 3.63) is 46.8 Å². The SMILES string of the molecule is Cc1cc(CS(=O)CC(=O)Nc2c(C)cccc2C)no1. The molecule has 0 saturated heterocycles. The van der Waals surface area contributed by atoms with E-state index in [9.17, 15) is 9.00 Å². The van der Waals surface area contributed by atoms with Crippen LogP contribution in [0, 0.1) is 20.8 Å². The zero-order valence-corrected chi connectivity index (χ0v) is 13.1. The molecule has 0 bridgehead atoms. The number of nitrogens with one attached hydrogen (secondary N) is 1. The van der Waals surface area contributed by atoms with E-state index in [1.54, 1.807) is 13.0 Å². The van der Waals surface area contributed by atoms with Gasteiger partial charge < -0.3 is 9.84 Å². The second-order valence-electron chi connectivity index (χ2n) is 4.97. The first-order valence-corrected chi connectivity index (χ1v) is 8.07. The number of amides is 1. The van der Waals surface area contributed by atoms with Crippen molar-refractivity contribution < 1.29 is 13.5 Å². The summed E-state index contributed by atoms with van der Waals surface area (Å²) in [4.78, 5) is 12.0. The molecule has 1 aromatic heterocycles. The summed E-state index contributed by atoms with van der Waals surface area (Å²) in [5, 5.41) is 6.60. The van der Waals surface area contributed by atoms with Gasteiger partial charge >= 0.3 is 0 Å². The van der Waals surface area contributed by atoms with Crippen molar-refractivity contribution in [1.82, 2.24) is 5.16 Å². The van der Waals surface area contributed by atoms with E-state index in [1.807, 2.05) is 32.0 Å². The van der Waals surface area contributed by atoms with Crippen molar-refractivity contribution in [3.8, 4) is 0 Å². The van der Waals surface area contributed by atoms with Crippen molar-refractivity contribution >= 4 is 22.4 Å². The van der Waals surface area contributed by atoms with Gasteiger partial charge in [-0.3, -0.25) is 9.00 Å². The molecule has 1 amide bonds. The lowest BCUT2D eigenvalue weighted by atomic mass is 10.1. The topological polar surface area (TPSA) is 72.2 Å². The predicted molar refractivity (Wildman–Crippen MR) is 82.5 cm³/mol. The summed E-state index contributed by atoms with van der Waals surface area (Å²) >= 11 is 0. The molecule has 5 nitrogen and oxygen atoms in total. The zero-order chi connectivity index (χ0) is 15.4. The lowest BCUT2D eigenvalue weighted by Crippen LogP contribution is -2.21.